The van der Waals surface area contributed by atoms with Crippen LogP contribution < -0.4 is 0 Å². The minimum atomic E-state index is -0.585. The fourth-order valence-electron chi connectivity index (χ4n) is 1.37. The number of esters is 1. The summed E-state index contributed by atoms with van der Waals surface area (Å²) < 4.78 is 4.33. The van der Waals surface area contributed by atoms with Crippen molar-refractivity contribution >= 4 is 12.4 Å². The van der Waals surface area contributed by atoms with Gasteiger partial charge in [0, 0.05) is 0 Å². The molecule has 0 unspecified atom stereocenters. The molecular formula is C11H12O3. The Kier molecular flexibility index (Phi) is 3.02. The maximum atomic E-state index is 11.4. The maximum absolute atomic E-state index is 11.4. The largest absolute Gasteiger partial charge is 0.392 e. The van der Waals surface area contributed by atoms with E-state index in [0.717, 1.165) is 16.7 Å². The summed E-state index contributed by atoms with van der Waals surface area (Å²) in [5.41, 5.74) is 3.17. The first kappa shape index (κ1) is 10.4. The third kappa shape index (κ3) is 1.82. The molecule has 0 N–H and O–H groups in total. The van der Waals surface area contributed by atoms with Gasteiger partial charge in [-0.05, 0) is 37.5 Å². The molecule has 0 aliphatic rings. The zero-order valence-electron chi connectivity index (χ0n) is 8.46. The van der Waals surface area contributed by atoms with Crippen LogP contribution in [0.2, 0.25) is 0 Å². The van der Waals surface area contributed by atoms with E-state index < -0.39 is 5.97 Å². The zero-order valence-corrected chi connectivity index (χ0v) is 8.46. The van der Waals surface area contributed by atoms with E-state index in [2.05, 4.69) is 4.74 Å². The summed E-state index contributed by atoms with van der Waals surface area (Å²) in [4.78, 5) is 21.4. The number of rotatable bonds is 2. The number of ether oxygens (including phenoxy) is 1. The molecule has 0 aliphatic heterocycles. The molecule has 0 bridgehead atoms. The second-order valence-electron chi connectivity index (χ2n) is 3.20. The number of hydrogen-bond donors (Lipinski definition) is 0. The Morgan fingerprint density at radius 1 is 1.21 bits per heavy atom. The van der Waals surface area contributed by atoms with Gasteiger partial charge in [0.25, 0.3) is 0 Å². The van der Waals surface area contributed by atoms with Crippen molar-refractivity contribution in [3.8, 4) is 0 Å². The van der Waals surface area contributed by atoms with Crippen molar-refractivity contribution in [2.45, 2.75) is 20.8 Å². The maximum Gasteiger partial charge on any atom is 0.346 e. The second-order valence-corrected chi connectivity index (χ2v) is 3.20. The third-order valence-corrected chi connectivity index (χ3v) is 2.30. The fraction of sp³-hybridized carbons (Fsp3) is 0.273. The van der Waals surface area contributed by atoms with Crippen molar-refractivity contribution in [2.24, 2.45) is 0 Å². The Labute approximate surface area is 82.7 Å². The molecule has 1 rings (SSSR count). The van der Waals surface area contributed by atoms with Crippen LogP contribution in [0.4, 0.5) is 0 Å². The number of hydrogen-bond acceptors (Lipinski definition) is 3. The molecule has 0 saturated carbocycles. The summed E-state index contributed by atoms with van der Waals surface area (Å²) in [5, 5.41) is 0. The summed E-state index contributed by atoms with van der Waals surface area (Å²) in [5.74, 6) is -0.585. The van der Waals surface area contributed by atoms with Gasteiger partial charge in [-0.3, -0.25) is 4.79 Å². The van der Waals surface area contributed by atoms with Crippen molar-refractivity contribution in [1.82, 2.24) is 0 Å². The quantitative estimate of drug-likeness (QED) is 0.408. The van der Waals surface area contributed by atoms with Crippen LogP contribution in [0.15, 0.2) is 12.1 Å². The number of carbonyl (C=O) groups is 2. The summed E-state index contributed by atoms with van der Waals surface area (Å²) >= 11 is 0. The van der Waals surface area contributed by atoms with Crippen LogP contribution in [0.1, 0.15) is 27.0 Å². The van der Waals surface area contributed by atoms with E-state index in [1.54, 1.807) is 0 Å². The van der Waals surface area contributed by atoms with Gasteiger partial charge in [-0.1, -0.05) is 12.1 Å². The molecule has 74 valence electrons. The van der Waals surface area contributed by atoms with Crippen LogP contribution in [0.3, 0.4) is 0 Å². The molecule has 1 aromatic carbocycles. The van der Waals surface area contributed by atoms with Crippen LogP contribution >= 0.6 is 0 Å². The first-order valence-electron chi connectivity index (χ1n) is 4.29. The first-order chi connectivity index (χ1) is 6.57. The van der Waals surface area contributed by atoms with Crippen LogP contribution in [0, 0.1) is 20.8 Å². The lowest BCUT2D eigenvalue weighted by Gasteiger charge is -2.08. The van der Waals surface area contributed by atoms with Gasteiger partial charge < -0.3 is 4.74 Å². The monoisotopic (exact) mass is 192 g/mol. The average molecular weight is 192 g/mol. The van der Waals surface area contributed by atoms with Crippen molar-refractivity contribution in [3.05, 3.63) is 34.4 Å². The van der Waals surface area contributed by atoms with E-state index in [4.69, 9.17) is 0 Å². The molecule has 1 aromatic rings. The van der Waals surface area contributed by atoms with Gasteiger partial charge in [-0.2, -0.15) is 0 Å². The summed E-state index contributed by atoms with van der Waals surface area (Å²) in [6.45, 7) is 5.72. The lowest BCUT2D eigenvalue weighted by atomic mass is 9.99. The third-order valence-electron chi connectivity index (χ3n) is 2.30. The van der Waals surface area contributed by atoms with Crippen molar-refractivity contribution in [2.75, 3.05) is 0 Å². The van der Waals surface area contributed by atoms with Gasteiger partial charge in [-0.15, -0.1) is 0 Å². The Morgan fingerprint density at radius 2 is 1.79 bits per heavy atom. The Hall–Kier alpha value is -1.64. The van der Waals surface area contributed by atoms with Crippen LogP contribution in [-0.4, -0.2) is 12.4 Å². The molecule has 0 spiro atoms. The van der Waals surface area contributed by atoms with Crippen LogP contribution in [0.5, 0.6) is 0 Å². The lowest BCUT2D eigenvalue weighted by molar-refractivity contribution is -0.123. The van der Waals surface area contributed by atoms with Gasteiger partial charge in [0.05, 0.1) is 5.56 Å². The molecular weight excluding hydrogens is 180 g/mol. The lowest BCUT2D eigenvalue weighted by Crippen LogP contribution is -2.08. The predicted octanol–water partition coefficient (Wildman–Crippen LogP) is 1.93. The van der Waals surface area contributed by atoms with Gasteiger partial charge >= 0.3 is 12.4 Å². The molecule has 0 fully saturated rings. The normalized spacial score (nSPS) is 9.64. The molecule has 0 aromatic heterocycles. The Morgan fingerprint density at radius 3 is 2.36 bits per heavy atom. The number of carbonyl (C=O) groups excluding carboxylic acids is 2. The molecule has 3 heteroatoms. The van der Waals surface area contributed by atoms with Crippen LogP contribution in [0.25, 0.3) is 0 Å². The molecule has 14 heavy (non-hydrogen) atoms. The predicted molar refractivity (Wildman–Crippen MR) is 52.1 cm³/mol. The smallest absolute Gasteiger partial charge is 0.346 e. The topological polar surface area (TPSA) is 43.4 Å². The molecule has 0 aliphatic carbocycles. The van der Waals surface area contributed by atoms with E-state index in [1.165, 1.54) is 0 Å². The average Bonchev–Trinajstić information content (AvgIpc) is 2.13. The Balaban J connectivity index is 3.25. The highest BCUT2D eigenvalue weighted by atomic mass is 16.6. The zero-order chi connectivity index (χ0) is 10.7. The van der Waals surface area contributed by atoms with Gasteiger partial charge in [0.1, 0.15) is 0 Å². The van der Waals surface area contributed by atoms with Crippen molar-refractivity contribution < 1.29 is 14.3 Å². The highest BCUT2D eigenvalue weighted by molar-refractivity contribution is 5.96. The highest BCUT2D eigenvalue weighted by Gasteiger charge is 2.14. The minimum Gasteiger partial charge on any atom is -0.392 e. The van der Waals surface area contributed by atoms with E-state index in [9.17, 15) is 9.59 Å². The summed E-state index contributed by atoms with van der Waals surface area (Å²) in [6, 6.07) is 3.77. The molecule has 0 amide bonds. The van der Waals surface area contributed by atoms with E-state index in [1.807, 2.05) is 32.9 Å². The SMILES string of the molecule is Cc1ccc(C)c(C(=O)OC=O)c1C. The van der Waals surface area contributed by atoms with Gasteiger partial charge in [0.15, 0.2) is 0 Å². The standard InChI is InChI=1S/C11H12O3/c1-7-4-5-8(2)10(9(7)3)11(13)14-6-12/h4-6H,1-3H3. The van der Waals surface area contributed by atoms with Gasteiger partial charge in [-0.25, -0.2) is 4.79 Å². The molecule has 0 heterocycles. The highest BCUT2D eigenvalue weighted by Crippen LogP contribution is 2.18. The van der Waals surface area contributed by atoms with E-state index >= 15 is 0 Å². The minimum absolute atomic E-state index is 0.156. The van der Waals surface area contributed by atoms with Gasteiger partial charge in [0.2, 0.25) is 0 Å². The van der Waals surface area contributed by atoms with E-state index in [-0.39, 0.29) is 6.47 Å². The number of aryl methyl sites for hydroxylation is 2. The fourth-order valence-corrected chi connectivity index (χ4v) is 1.37. The molecule has 0 atom stereocenters. The van der Waals surface area contributed by atoms with Crippen molar-refractivity contribution in [1.29, 1.82) is 0 Å². The summed E-state index contributed by atoms with van der Waals surface area (Å²) in [6.07, 6.45) is 0. The molecule has 0 radical (unpaired) electrons. The Bertz CT molecular complexity index is 380. The molecule has 3 nitrogen and oxygen atoms in total. The van der Waals surface area contributed by atoms with E-state index in [0.29, 0.717) is 5.56 Å². The number of benzene rings is 1. The molecule has 0 saturated heterocycles. The second kappa shape index (κ2) is 4.05. The summed E-state index contributed by atoms with van der Waals surface area (Å²) in [7, 11) is 0. The first-order valence-corrected chi connectivity index (χ1v) is 4.29. The van der Waals surface area contributed by atoms with Crippen LogP contribution in [-0.2, 0) is 9.53 Å². The van der Waals surface area contributed by atoms with Crippen molar-refractivity contribution in [3.63, 3.8) is 0 Å².